The normalized spacial score (nSPS) is 24.8. The second-order valence-corrected chi connectivity index (χ2v) is 6.23. The third kappa shape index (κ3) is 3.87. The number of likely N-dealkylation sites (tertiary alicyclic amines) is 2. The number of piperidine rings is 2. The zero-order chi connectivity index (χ0) is 14.5. The van der Waals surface area contributed by atoms with Crippen molar-refractivity contribution in [1.82, 2.24) is 9.80 Å². The number of amides is 2. The minimum atomic E-state index is -0.769. The van der Waals surface area contributed by atoms with Crippen molar-refractivity contribution in [3.05, 3.63) is 0 Å². The Balaban J connectivity index is 1.92. The molecule has 0 aromatic carbocycles. The molecule has 2 fully saturated rings. The van der Waals surface area contributed by atoms with Crippen LogP contribution in [0.2, 0.25) is 0 Å². The molecule has 20 heavy (non-hydrogen) atoms. The Hall–Kier alpha value is -1.26. The van der Waals surface area contributed by atoms with Gasteiger partial charge in [-0.3, -0.25) is 4.79 Å². The van der Waals surface area contributed by atoms with Crippen LogP contribution < -0.4 is 0 Å². The highest BCUT2D eigenvalue weighted by molar-refractivity contribution is 5.75. The molecule has 2 aliphatic rings. The van der Waals surface area contributed by atoms with Gasteiger partial charge in [0, 0.05) is 32.1 Å². The van der Waals surface area contributed by atoms with Crippen LogP contribution >= 0.6 is 0 Å². The number of carboxylic acids is 1. The molecule has 2 aliphatic heterocycles. The van der Waals surface area contributed by atoms with Crippen molar-refractivity contribution in [3.63, 3.8) is 0 Å². The summed E-state index contributed by atoms with van der Waals surface area (Å²) in [5.74, 6) is -0.0574. The molecule has 2 heterocycles. The number of carbonyl (C=O) groups is 2. The lowest BCUT2D eigenvalue weighted by Crippen LogP contribution is -2.52. The van der Waals surface area contributed by atoms with E-state index in [2.05, 4.69) is 6.92 Å². The van der Waals surface area contributed by atoms with E-state index in [0.717, 1.165) is 51.7 Å². The second-order valence-electron chi connectivity index (χ2n) is 6.23. The first kappa shape index (κ1) is 15.1. The fraction of sp³-hybridized carbons (Fsp3) is 0.867. The van der Waals surface area contributed by atoms with Crippen molar-refractivity contribution in [2.45, 2.75) is 57.9 Å². The van der Waals surface area contributed by atoms with E-state index in [9.17, 15) is 9.59 Å². The zero-order valence-corrected chi connectivity index (χ0v) is 12.4. The van der Waals surface area contributed by atoms with Crippen molar-refractivity contribution in [2.75, 3.05) is 19.6 Å². The maximum atomic E-state index is 12.6. The Morgan fingerprint density at radius 2 is 1.80 bits per heavy atom. The first-order chi connectivity index (χ1) is 9.58. The number of carboxylic acid groups (broad SMARTS) is 1. The molecule has 2 saturated heterocycles. The molecule has 5 heteroatoms. The molecular weight excluding hydrogens is 256 g/mol. The average molecular weight is 282 g/mol. The minimum absolute atomic E-state index is 0.117. The lowest BCUT2D eigenvalue weighted by atomic mass is 9.97. The number of urea groups is 1. The van der Waals surface area contributed by atoms with Crippen molar-refractivity contribution < 1.29 is 14.7 Å². The molecule has 0 saturated carbocycles. The number of nitrogens with zero attached hydrogens (tertiary/aromatic N) is 2. The average Bonchev–Trinajstić information content (AvgIpc) is 2.45. The Kier molecular flexibility index (Phi) is 5.26. The fourth-order valence-electron chi connectivity index (χ4n) is 3.22. The van der Waals surface area contributed by atoms with E-state index in [0.29, 0.717) is 12.3 Å². The smallest absolute Gasteiger partial charge is 0.320 e. The number of aliphatic carboxylic acids is 1. The van der Waals surface area contributed by atoms with Crippen LogP contribution in [-0.4, -0.2) is 52.6 Å². The topological polar surface area (TPSA) is 60.9 Å². The highest BCUT2D eigenvalue weighted by atomic mass is 16.4. The summed E-state index contributed by atoms with van der Waals surface area (Å²) < 4.78 is 0. The molecule has 114 valence electrons. The van der Waals surface area contributed by atoms with Gasteiger partial charge in [0.2, 0.25) is 0 Å². The predicted molar refractivity (Wildman–Crippen MR) is 76.6 cm³/mol. The molecule has 1 atom stereocenters. The monoisotopic (exact) mass is 282 g/mol. The summed E-state index contributed by atoms with van der Waals surface area (Å²) in [7, 11) is 0. The molecule has 0 bridgehead atoms. The first-order valence-corrected chi connectivity index (χ1v) is 7.85. The minimum Gasteiger partial charge on any atom is -0.481 e. The molecule has 0 radical (unpaired) electrons. The summed E-state index contributed by atoms with van der Waals surface area (Å²) in [6.07, 6.45) is 6.00. The van der Waals surface area contributed by atoms with Gasteiger partial charge in [-0.1, -0.05) is 6.92 Å². The van der Waals surface area contributed by atoms with E-state index in [1.807, 2.05) is 9.80 Å². The summed E-state index contributed by atoms with van der Waals surface area (Å²) >= 11 is 0. The quantitative estimate of drug-likeness (QED) is 0.865. The van der Waals surface area contributed by atoms with Gasteiger partial charge in [-0.2, -0.15) is 0 Å². The number of rotatable bonds is 3. The molecule has 0 spiro atoms. The standard InChI is InChI=1S/C15H26N2O3/c1-12-7-10-16(11-8-12)15(20)17-9-3-2-4-13(17)5-6-14(18)19/h12-13H,2-11H2,1H3,(H,18,19). The van der Waals surface area contributed by atoms with E-state index >= 15 is 0 Å². The van der Waals surface area contributed by atoms with E-state index in [-0.39, 0.29) is 18.5 Å². The van der Waals surface area contributed by atoms with Crippen LogP contribution in [0.4, 0.5) is 4.79 Å². The molecule has 5 nitrogen and oxygen atoms in total. The van der Waals surface area contributed by atoms with Gasteiger partial charge in [0.15, 0.2) is 0 Å². The highest BCUT2D eigenvalue weighted by Gasteiger charge is 2.31. The van der Waals surface area contributed by atoms with Crippen LogP contribution in [-0.2, 0) is 4.79 Å². The Labute approximate surface area is 120 Å². The lowest BCUT2D eigenvalue weighted by molar-refractivity contribution is -0.137. The van der Waals surface area contributed by atoms with Gasteiger partial charge in [0.05, 0.1) is 0 Å². The van der Waals surface area contributed by atoms with E-state index in [1.54, 1.807) is 0 Å². The second kappa shape index (κ2) is 6.95. The van der Waals surface area contributed by atoms with Crippen molar-refractivity contribution in [1.29, 1.82) is 0 Å². The molecule has 2 rings (SSSR count). The van der Waals surface area contributed by atoms with Gasteiger partial charge in [-0.25, -0.2) is 4.79 Å². The molecule has 0 aromatic heterocycles. The van der Waals surface area contributed by atoms with Gasteiger partial charge in [0.25, 0.3) is 0 Å². The summed E-state index contributed by atoms with van der Waals surface area (Å²) in [4.78, 5) is 27.3. The largest absolute Gasteiger partial charge is 0.481 e. The Bertz CT molecular complexity index is 351. The van der Waals surface area contributed by atoms with Crippen LogP contribution in [0.25, 0.3) is 0 Å². The fourth-order valence-corrected chi connectivity index (χ4v) is 3.22. The molecule has 1 N–H and O–H groups in total. The molecule has 0 aromatic rings. The number of carbonyl (C=O) groups excluding carboxylic acids is 1. The maximum absolute atomic E-state index is 12.6. The van der Waals surface area contributed by atoms with E-state index in [4.69, 9.17) is 5.11 Å². The molecular formula is C15H26N2O3. The van der Waals surface area contributed by atoms with Crippen molar-refractivity contribution >= 4 is 12.0 Å². The third-order valence-electron chi connectivity index (χ3n) is 4.62. The highest BCUT2D eigenvalue weighted by Crippen LogP contribution is 2.24. The van der Waals surface area contributed by atoms with Crippen LogP contribution in [0.3, 0.4) is 0 Å². The molecule has 1 unspecified atom stereocenters. The van der Waals surface area contributed by atoms with Gasteiger partial charge in [-0.15, -0.1) is 0 Å². The molecule has 0 aliphatic carbocycles. The summed E-state index contributed by atoms with van der Waals surface area (Å²) in [6, 6.07) is 0.249. The SMILES string of the molecule is CC1CCN(C(=O)N2CCCCC2CCC(=O)O)CC1. The van der Waals surface area contributed by atoms with E-state index < -0.39 is 5.97 Å². The first-order valence-electron chi connectivity index (χ1n) is 7.85. The van der Waals surface area contributed by atoms with Crippen LogP contribution in [0.5, 0.6) is 0 Å². The summed E-state index contributed by atoms with van der Waals surface area (Å²) in [6.45, 7) is 4.72. The third-order valence-corrected chi connectivity index (χ3v) is 4.62. The zero-order valence-electron chi connectivity index (χ0n) is 12.4. The number of hydrogen-bond acceptors (Lipinski definition) is 2. The lowest BCUT2D eigenvalue weighted by Gasteiger charge is -2.41. The Morgan fingerprint density at radius 1 is 1.10 bits per heavy atom. The summed E-state index contributed by atoms with van der Waals surface area (Å²) in [5.41, 5.74) is 0. The van der Waals surface area contributed by atoms with Crippen LogP contribution in [0.15, 0.2) is 0 Å². The Morgan fingerprint density at radius 3 is 2.45 bits per heavy atom. The van der Waals surface area contributed by atoms with Gasteiger partial charge in [0.1, 0.15) is 0 Å². The predicted octanol–water partition coefficient (Wildman–Crippen LogP) is 2.56. The van der Waals surface area contributed by atoms with Gasteiger partial charge < -0.3 is 14.9 Å². The van der Waals surface area contributed by atoms with Crippen molar-refractivity contribution in [3.8, 4) is 0 Å². The van der Waals surface area contributed by atoms with Gasteiger partial charge in [-0.05, 0) is 44.4 Å². The van der Waals surface area contributed by atoms with Crippen LogP contribution in [0.1, 0.15) is 51.9 Å². The maximum Gasteiger partial charge on any atom is 0.320 e. The van der Waals surface area contributed by atoms with Crippen LogP contribution in [0, 0.1) is 5.92 Å². The van der Waals surface area contributed by atoms with Crippen molar-refractivity contribution in [2.24, 2.45) is 5.92 Å². The van der Waals surface area contributed by atoms with Gasteiger partial charge >= 0.3 is 12.0 Å². The summed E-state index contributed by atoms with van der Waals surface area (Å²) in [5, 5.41) is 8.83. The van der Waals surface area contributed by atoms with E-state index in [1.165, 1.54) is 0 Å². The number of hydrogen-bond donors (Lipinski definition) is 1. The molecule has 2 amide bonds.